The molecule has 0 bridgehead atoms. The third kappa shape index (κ3) is 2.91. The lowest BCUT2D eigenvalue weighted by Crippen LogP contribution is -2.32. The Morgan fingerprint density at radius 2 is 2.31 bits per heavy atom. The Balaban J connectivity index is 2.90. The molecule has 0 N–H and O–H groups in total. The lowest BCUT2D eigenvalue weighted by Gasteiger charge is -2.13. The Bertz CT molecular complexity index is 484. The molecule has 1 aromatic heterocycles. The van der Waals surface area contributed by atoms with Crippen LogP contribution >= 0.6 is 22.9 Å². The van der Waals surface area contributed by atoms with Gasteiger partial charge in [0.1, 0.15) is 6.54 Å². The first-order valence-electron chi connectivity index (χ1n) is 4.02. The van der Waals surface area contributed by atoms with Crippen LogP contribution in [-0.4, -0.2) is 44.4 Å². The number of rotatable bonds is 4. The molecule has 0 aromatic carbocycles. The van der Waals surface area contributed by atoms with E-state index in [1.165, 1.54) is 14.2 Å². The second kappa shape index (κ2) is 5.09. The smallest absolute Gasteiger partial charge is 0.321 e. The van der Waals surface area contributed by atoms with E-state index >= 15 is 0 Å². The van der Waals surface area contributed by atoms with Crippen LogP contribution in [0.5, 0.6) is 0 Å². The average molecular weight is 285 g/mol. The summed E-state index contributed by atoms with van der Waals surface area (Å²) < 4.78 is 29.0. The minimum Gasteiger partial charge on any atom is -0.468 e. The van der Waals surface area contributed by atoms with Crippen LogP contribution in [0.1, 0.15) is 0 Å². The number of carbonyl (C=O) groups excluding carboxylic acids is 1. The van der Waals surface area contributed by atoms with Crippen molar-refractivity contribution in [2.75, 3.05) is 20.7 Å². The zero-order valence-corrected chi connectivity index (χ0v) is 10.9. The van der Waals surface area contributed by atoms with E-state index in [1.807, 2.05) is 0 Å². The Hall–Kier alpha value is -0.700. The third-order valence-electron chi connectivity index (χ3n) is 1.70. The number of hydrogen-bond acceptors (Lipinski definition) is 6. The molecule has 1 rings (SSSR count). The summed E-state index contributed by atoms with van der Waals surface area (Å²) in [5.41, 5.74) is 0. The van der Waals surface area contributed by atoms with Gasteiger partial charge in [0, 0.05) is 7.05 Å². The molecule has 6 nitrogen and oxygen atoms in total. The van der Waals surface area contributed by atoms with E-state index in [0.29, 0.717) is 0 Å². The van der Waals surface area contributed by atoms with Crippen molar-refractivity contribution in [1.29, 1.82) is 0 Å². The van der Waals surface area contributed by atoms with E-state index in [1.54, 1.807) is 0 Å². The number of hydrogen-bond donors (Lipinski definition) is 0. The lowest BCUT2D eigenvalue weighted by atomic mass is 10.7. The van der Waals surface area contributed by atoms with Crippen molar-refractivity contribution in [1.82, 2.24) is 9.29 Å². The molecule has 0 spiro atoms. The quantitative estimate of drug-likeness (QED) is 0.756. The fraction of sp³-hybridized carbons (Fsp3) is 0.429. The maximum absolute atomic E-state index is 11.8. The van der Waals surface area contributed by atoms with Gasteiger partial charge in [-0.2, -0.15) is 4.31 Å². The van der Waals surface area contributed by atoms with Gasteiger partial charge in [-0.1, -0.05) is 22.9 Å². The van der Waals surface area contributed by atoms with Gasteiger partial charge in [-0.25, -0.2) is 13.4 Å². The number of ether oxygens (including phenoxy) is 1. The summed E-state index contributed by atoms with van der Waals surface area (Å²) >= 11 is 6.37. The number of methoxy groups -OCH3 is 1. The summed E-state index contributed by atoms with van der Waals surface area (Å²) in [7, 11) is -1.25. The van der Waals surface area contributed by atoms with Crippen LogP contribution in [-0.2, 0) is 19.6 Å². The van der Waals surface area contributed by atoms with Gasteiger partial charge in [0.25, 0.3) is 10.0 Å². The zero-order chi connectivity index (χ0) is 12.3. The predicted molar refractivity (Wildman–Crippen MR) is 59.0 cm³/mol. The molecule has 0 fully saturated rings. The summed E-state index contributed by atoms with van der Waals surface area (Å²) in [6.45, 7) is -0.353. The molecule has 0 aliphatic carbocycles. The van der Waals surface area contributed by atoms with Crippen LogP contribution in [0, 0.1) is 0 Å². The largest absolute Gasteiger partial charge is 0.468 e. The highest BCUT2D eigenvalue weighted by Gasteiger charge is 2.25. The predicted octanol–water partition coefficient (Wildman–Crippen LogP) is 0.590. The molecule has 90 valence electrons. The molecule has 0 aliphatic heterocycles. The first-order valence-corrected chi connectivity index (χ1v) is 6.66. The summed E-state index contributed by atoms with van der Waals surface area (Å²) in [4.78, 5) is 14.6. The van der Waals surface area contributed by atoms with Crippen molar-refractivity contribution in [3.05, 3.63) is 10.7 Å². The Morgan fingerprint density at radius 1 is 1.69 bits per heavy atom. The molecule has 1 aromatic rings. The third-order valence-corrected chi connectivity index (χ3v) is 5.06. The van der Waals surface area contributed by atoms with Crippen molar-refractivity contribution in [3.63, 3.8) is 0 Å². The van der Waals surface area contributed by atoms with Crippen LogP contribution in [0.25, 0.3) is 0 Å². The molecule has 0 saturated carbocycles. The van der Waals surface area contributed by atoms with E-state index in [2.05, 4.69) is 9.72 Å². The van der Waals surface area contributed by atoms with Gasteiger partial charge < -0.3 is 4.74 Å². The average Bonchev–Trinajstić information content (AvgIpc) is 2.65. The fourth-order valence-corrected chi connectivity index (χ4v) is 3.46. The highest BCUT2D eigenvalue weighted by Crippen LogP contribution is 2.24. The second-order valence-corrected chi connectivity index (χ2v) is 6.65. The number of thiazole rings is 1. The highest BCUT2D eigenvalue weighted by molar-refractivity contribution is 7.91. The number of carbonyl (C=O) groups is 1. The maximum Gasteiger partial charge on any atom is 0.321 e. The Morgan fingerprint density at radius 3 is 2.75 bits per heavy atom. The SMILES string of the molecule is COC(=O)CN(C)S(=O)(=O)c1cnc(Cl)s1. The topological polar surface area (TPSA) is 76.6 Å². The van der Waals surface area contributed by atoms with Crippen LogP contribution in [0.4, 0.5) is 0 Å². The van der Waals surface area contributed by atoms with E-state index in [0.717, 1.165) is 21.8 Å². The minimum absolute atomic E-state index is 0.0103. The van der Waals surface area contributed by atoms with Gasteiger partial charge in [-0.3, -0.25) is 4.79 Å². The molecule has 0 saturated heterocycles. The molecular formula is C7H9ClN2O4S2. The van der Waals surface area contributed by atoms with Crippen LogP contribution in [0.2, 0.25) is 4.47 Å². The number of sulfonamides is 1. The summed E-state index contributed by atoms with van der Waals surface area (Å²) in [5.74, 6) is -0.637. The standard InChI is InChI=1S/C7H9ClN2O4S2/c1-10(4-5(11)14-2)16(12,13)6-3-9-7(8)15-6/h3H,4H2,1-2H3. The number of halogens is 1. The molecule has 0 atom stereocenters. The Kier molecular flexibility index (Phi) is 4.25. The second-order valence-electron chi connectivity index (χ2n) is 2.77. The molecule has 1 heterocycles. The van der Waals surface area contributed by atoms with Crippen molar-refractivity contribution < 1.29 is 17.9 Å². The molecule has 16 heavy (non-hydrogen) atoms. The van der Waals surface area contributed by atoms with Crippen molar-refractivity contribution >= 4 is 38.9 Å². The number of likely N-dealkylation sites (N-methyl/N-ethyl adjacent to an activating group) is 1. The summed E-state index contributed by atoms with van der Waals surface area (Å²) in [6, 6.07) is 0. The van der Waals surface area contributed by atoms with E-state index in [-0.39, 0.29) is 15.2 Å². The number of nitrogens with zero attached hydrogens (tertiary/aromatic N) is 2. The van der Waals surface area contributed by atoms with Crippen LogP contribution in [0.3, 0.4) is 0 Å². The summed E-state index contributed by atoms with van der Waals surface area (Å²) in [6.07, 6.45) is 1.15. The first kappa shape index (κ1) is 13.4. The number of esters is 1. The van der Waals surface area contributed by atoms with Gasteiger partial charge in [-0.05, 0) is 0 Å². The van der Waals surface area contributed by atoms with Crippen molar-refractivity contribution in [2.24, 2.45) is 0 Å². The lowest BCUT2D eigenvalue weighted by molar-refractivity contribution is -0.140. The van der Waals surface area contributed by atoms with Gasteiger partial charge in [0.2, 0.25) is 0 Å². The highest BCUT2D eigenvalue weighted by atomic mass is 35.5. The Labute approximate surface area is 102 Å². The number of aromatic nitrogens is 1. The monoisotopic (exact) mass is 284 g/mol. The molecule has 0 aliphatic rings. The van der Waals surface area contributed by atoms with Crippen molar-refractivity contribution in [3.8, 4) is 0 Å². The van der Waals surface area contributed by atoms with E-state index in [9.17, 15) is 13.2 Å². The zero-order valence-electron chi connectivity index (χ0n) is 8.51. The van der Waals surface area contributed by atoms with E-state index in [4.69, 9.17) is 11.6 Å². The first-order chi connectivity index (χ1) is 7.37. The van der Waals surface area contributed by atoms with Gasteiger partial charge in [-0.15, -0.1) is 0 Å². The summed E-state index contributed by atoms with van der Waals surface area (Å²) in [5, 5.41) is 0. The van der Waals surface area contributed by atoms with Gasteiger partial charge in [0.05, 0.1) is 13.3 Å². The molecule has 0 unspecified atom stereocenters. The molecular weight excluding hydrogens is 276 g/mol. The minimum atomic E-state index is -3.72. The molecule has 0 amide bonds. The normalized spacial score (nSPS) is 11.8. The van der Waals surface area contributed by atoms with Gasteiger partial charge >= 0.3 is 5.97 Å². The molecule has 9 heteroatoms. The van der Waals surface area contributed by atoms with Crippen LogP contribution in [0.15, 0.2) is 10.4 Å². The van der Waals surface area contributed by atoms with Gasteiger partial charge in [0.15, 0.2) is 8.68 Å². The van der Waals surface area contributed by atoms with Crippen LogP contribution < -0.4 is 0 Å². The van der Waals surface area contributed by atoms with E-state index < -0.39 is 16.0 Å². The molecule has 0 radical (unpaired) electrons. The van der Waals surface area contributed by atoms with Crippen molar-refractivity contribution in [2.45, 2.75) is 4.21 Å². The fourth-order valence-electron chi connectivity index (χ4n) is 0.843. The maximum atomic E-state index is 11.8.